The predicted octanol–water partition coefficient (Wildman–Crippen LogP) is 4.66. The number of halogens is 7. The molecule has 0 atom stereocenters. The summed E-state index contributed by atoms with van der Waals surface area (Å²) in [6.45, 7) is -0.548. The van der Waals surface area contributed by atoms with Gasteiger partial charge in [-0.25, -0.2) is 18.0 Å². The summed E-state index contributed by atoms with van der Waals surface area (Å²) in [6, 6.07) is 3.91. The van der Waals surface area contributed by atoms with E-state index >= 15 is 0 Å². The van der Waals surface area contributed by atoms with Crippen LogP contribution in [0, 0.1) is 17.5 Å². The van der Waals surface area contributed by atoms with Crippen molar-refractivity contribution >= 4 is 11.7 Å². The maximum atomic E-state index is 13.8. The standard InChI is InChI=1S/C16H11F7N2O2/c17-10-2-1-3-11(18)9(10)7-24-15(26)25-13-5-4-8(6-12(13)19)27-16(22,23)14(20)21/h1-6,14H,7H2,(H2,24,25,26). The van der Waals surface area contributed by atoms with Gasteiger partial charge >= 0.3 is 18.6 Å². The van der Waals surface area contributed by atoms with Crippen LogP contribution in [0.1, 0.15) is 5.56 Å². The first-order chi connectivity index (χ1) is 12.6. The maximum Gasteiger partial charge on any atom is 0.461 e. The number of hydrogen-bond donors (Lipinski definition) is 2. The van der Waals surface area contributed by atoms with Gasteiger partial charge in [0.25, 0.3) is 0 Å². The van der Waals surface area contributed by atoms with Gasteiger partial charge in [0.05, 0.1) is 12.2 Å². The molecular weight excluding hydrogens is 385 g/mol. The van der Waals surface area contributed by atoms with Crippen molar-refractivity contribution in [1.29, 1.82) is 0 Å². The molecule has 0 saturated heterocycles. The number of carbonyl (C=O) groups is 1. The van der Waals surface area contributed by atoms with Crippen molar-refractivity contribution < 1.29 is 40.3 Å². The number of urea groups is 1. The molecule has 0 spiro atoms. The van der Waals surface area contributed by atoms with E-state index in [-0.39, 0.29) is 0 Å². The molecule has 2 N–H and O–H groups in total. The highest BCUT2D eigenvalue weighted by molar-refractivity contribution is 5.89. The van der Waals surface area contributed by atoms with Crippen LogP contribution in [-0.4, -0.2) is 18.6 Å². The smallest absolute Gasteiger partial charge is 0.428 e. The molecular formula is C16H11F7N2O2. The molecule has 0 saturated carbocycles. The summed E-state index contributed by atoms with van der Waals surface area (Å²) in [5.41, 5.74) is -0.930. The summed E-state index contributed by atoms with van der Waals surface area (Å²) in [6.07, 6.45) is -8.94. The SMILES string of the molecule is O=C(NCc1c(F)cccc1F)Nc1ccc(OC(F)(F)C(F)F)cc1F. The van der Waals surface area contributed by atoms with Crippen molar-refractivity contribution in [3.63, 3.8) is 0 Å². The monoisotopic (exact) mass is 396 g/mol. The van der Waals surface area contributed by atoms with Crippen molar-refractivity contribution in [2.45, 2.75) is 19.1 Å². The zero-order chi connectivity index (χ0) is 20.2. The Hall–Kier alpha value is -2.98. The van der Waals surface area contributed by atoms with E-state index in [0.717, 1.165) is 30.3 Å². The summed E-state index contributed by atoms with van der Waals surface area (Å²) >= 11 is 0. The summed E-state index contributed by atoms with van der Waals surface area (Å²) in [7, 11) is 0. The molecule has 0 radical (unpaired) electrons. The fraction of sp³-hybridized carbons (Fsp3) is 0.188. The average molecular weight is 396 g/mol. The normalized spacial score (nSPS) is 11.4. The van der Waals surface area contributed by atoms with Crippen LogP contribution < -0.4 is 15.4 Å². The Morgan fingerprint density at radius 2 is 1.67 bits per heavy atom. The minimum atomic E-state index is -4.82. The predicted molar refractivity (Wildman–Crippen MR) is 80.2 cm³/mol. The lowest BCUT2D eigenvalue weighted by Crippen LogP contribution is -2.33. The summed E-state index contributed by atoms with van der Waals surface area (Å²) in [5, 5.41) is 4.05. The molecule has 4 nitrogen and oxygen atoms in total. The Labute approximate surface area is 147 Å². The first-order valence-electron chi connectivity index (χ1n) is 7.22. The van der Waals surface area contributed by atoms with Crippen LogP contribution in [0.3, 0.4) is 0 Å². The second-order valence-corrected chi connectivity index (χ2v) is 5.11. The fourth-order valence-corrected chi connectivity index (χ4v) is 1.90. The van der Waals surface area contributed by atoms with E-state index in [0.29, 0.717) is 6.07 Å². The Morgan fingerprint density at radius 1 is 1.04 bits per heavy atom. The largest absolute Gasteiger partial charge is 0.461 e. The lowest BCUT2D eigenvalue weighted by molar-refractivity contribution is -0.253. The van der Waals surface area contributed by atoms with Crippen LogP contribution in [0.2, 0.25) is 0 Å². The minimum absolute atomic E-state index is 0.364. The third kappa shape index (κ3) is 5.25. The number of carbonyl (C=O) groups excluding carboxylic acids is 1. The first kappa shape index (κ1) is 20.3. The number of amides is 2. The molecule has 0 unspecified atom stereocenters. The molecule has 146 valence electrons. The molecule has 2 aromatic carbocycles. The van der Waals surface area contributed by atoms with Gasteiger partial charge < -0.3 is 15.4 Å². The topological polar surface area (TPSA) is 50.4 Å². The number of hydrogen-bond acceptors (Lipinski definition) is 2. The van der Waals surface area contributed by atoms with E-state index in [1.807, 2.05) is 5.32 Å². The molecule has 27 heavy (non-hydrogen) atoms. The third-order valence-corrected chi connectivity index (χ3v) is 3.18. The number of anilines is 1. The Bertz CT molecular complexity index is 810. The van der Waals surface area contributed by atoms with E-state index in [9.17, 15) is 35.5 Å². The maximum absolute atomic E-state index is 13.8. The number of alkyl halides is 4. The lowest BCUT2D eigenvalue weighted by atomic mass is 10.2. The van der Waals surface area contributed by atoms with Crippen LogP contribution in [0.15, 0.2) is 36.4 Å². The van der Waals surface area contributed by atoms with Crippen molar-refractivity contribution in [2.24, 2.45) is 0 Å². The van der Waals surface area contributed by atoms with Gasteiger partial charge in [-0.2, -0.15) is 17.6 Å². The van der Waals surface area contributed by atoms with E-state index in [4.69, 9.17) is 0 Å². The summed E-state index contributed by atoms with van der Waals surface area (Å²) in [5.74, 6) is -3.95. The molecule has 2 aromatic rings. The van der Waals surface area contributed by atoms with Gasteiger partial charge in [-0.3, -0.25) is 0 Å². The molecule has 0 aliphatic carbocycles. The highest BCUT2D eigenvalue weighted by Crippen LogP contribution is 2.29. The second-order valence-electron chi connectivity index (χ2n) is 5.11. The zero-order valence-electron chi connectivity index (χ0n) is 13.2. The number of benzene rings is 2. The van der Waals surface area contributed by atoms with Gasteiger partial charge in [0, 0.05) is 11.6 Å². The van der Waals surface area contributed by atoms with E-state index < -0.39 is 59.6 Å². The number of rotatable bonds is 6. The van der Waals surface area contributed by atoms with Crippen LogP contribution >= 0.6 is 0 Å². The molecule has 2 rings (SSSR count). The highest BCUT2D eigenvalue weighted by atomic mass is 19.3. The van der Waals surface area contributed by atoms with E-state index in [1.165, 1.54) is 0 Å². The Balaban J connectivity index is 2.00. The zero-order valence-corrected chi connectivity index (χ0v) is 13.2. The van der Waals surface area contributed by atoms with Crippen LogP contribution in [0.5, 0.6) is 5.75 Å². The van der Waals surface area contributed by atoms with E-state index in [2.05, 4.69) is 10.1 Å². The Morgan fingerprint density at radius 3 is 2.22 bits per heavy atom. The Kier molecular flexibility index (Phi) is 6.13. The molecule has 0 aliphatic heterocycles. The molecule has 0 fully saturated rings. The minimum Gasteiger partial charge on any atom is -0.428 e. The molecule has 0 heterocycles. The molecule has 0 bridgehead atoms. The van der Waals surface area contributed by atoms with Crippen LogP contribution in [0.4, 0.5) is 41.2 Å². The lowest BCUT2D eigenvalue weighted by Gasteiger charge is -2.17. The molecule has 2 amide bonds. The summed E-state index contributed by atoms with van der Waals surface area (Å²) < 4.78 is 94.0. The second kappa shape index (κ2) is 8.14. The number of ether oxygens (including phenoxy) is 1. The average Bonchev–Trinajstić information content (AvgIpc) is 2.56. The van der Waals surface area contributed by atoms with Crippen molar-refractivity contribution in [1.82, 2.24) is 5.32 Å². The van der Waals surface area contributed by atoms with Crippen molar-refractivity contribution in [2.75, 3.05) is 5.32 Å². The van der Waals surface area contributed by atoms with E-state index in [1.54, 1.807) is 0 Å². The van der Waals surface area contributed by atoms with Gasteiger partial charge in [-0.15, -0.1) is 0 Å². The first-order valence-corrected chi connectivity index (χ1v) is 7.22. The van der Waals surface area contributed by atoms with Crippen LogP contribution in [-0.2, 0) is 6.54 Å². The molecule has 0 aliphatic rings. The van der Waals surface area contributed by atoms with Gasteiger partial charge in [0.2, 0.25) is 0 Å². The van der Waals surface area contributed by atoms with Crippen LogP contribution in [0.25, 0.3) is 0 Å². The quantitative estimate of drug-likeness (QED) is 0.698. The fourth-order valence-electron chi connectivity index (χ4n) is 1.90. The molecule has 11 heteroatoms. The van der Waals surface area contributed by atoms with Gasteiger partial charge in [0.1, 0.15) is 23.2 Å². The van der Waals surface area contributed by atoms with Gasteiger partial charge in [0.15, 0.2) is 0 Å². The highest BCUT2D eigenvalue weighted by Gasteiger charge is 2.44. The van der Waals surface area contributed by atoms with Crippen molar-refractivity contribution in [3.05, 3.63) is 59.4 Å². The van der Waals surface area contributed by atoms with Gasteiger partial charge in [-0.05, 0) is 24.3 Å². The third-order valence-electron chi connectivity index (χ3n) is 3.18. The van der Waals surface area contributed by atoms with Crippen molar-refractivity contribution in [3.8, 4) is 5.75 Å². The number of nitrogens with one attached hydrogen (secondary N) is 2. The van der Waals surface area contributed by atoms with Gasteiger partial charge in [-0.1, -0.05) is 6.07 Å². The molecule has 0 aromatic heterocycles. The summed E-state index contributed by atoms with van der Waals surface area (Å²) in [4.78, 5) is 11.7.